The molecule has 0 bridgehead atoms. The fourth-order valence-electron chi connectivity index (χ4n) is 3.39. The van der Waals surface area contributed by atoms with E-state index in [1.165, 1.54) is 16.0 Å². The molecule has 0 amide bonds. The van der Waals surface area contributed by atoms with Gasteiger partial charge in [0.25, 0.3) is 0 Å². The highest BCUT2D eigenvalue weighted by Crippen LogP contribution is 2.18. The van der Waals surface area contributed by atoms with E-state index in [4.69, 9.17) is 4.99 Å². The highest BCUT2D eigenvalue weighted by atomic mass is 32.1. The summed E-state index contributed by atoms with van der Waals surface area (Å²) in [6, 6.07) is 13.2. The number of nitrogens with zero attached hydrogens (tertiary/aromatic N) is 2. The second-order valence-corrected chi connectivity index (χ2v) is 8.38. The number of likely N-dealkylation sites (tertiary alicyclic amines) is 1. The van der Waals surface area contributed by atoms with Crippen molar-refractivity contribution in [3.8, 4) is 0 Å². The Labute approximate surface area is 172 Å². The average Bonchev–Trinajstić information content (AvgIpc) is 3.24. The Kier molecular flexibility index (Phi) is 7.89. The van der Waals surface area contributed by atoms with Crippen LogP contribution < -0.4 is 10.6 Å². The zero-order chi connectivity index (χ0) is 19.8. The molecule has 3 rings (SSSR count). The molecule has 1 saturated heterocycles. The van der Waals surface area contributed by atoms with Crippen LogP contribution in [-0.4, -0.2) is 41.7 Å². The van der Waals surface area contributed by atoms with Crippen LogP contribution in [-0.2, 0) is 13.1 Å². The van der Waals surface area contributed by atoms with E-state index in [0.29, 0.717) is 6.54 Å². The summed E-state index contributed by atoms with van der Waals surface area (Å²) in [5.41, 5.74) is 2.53. The first-order valence-corrected chi connectivity index (χ1v) is 11.1. The molecular formula is C22H32N4OS. The SMILES string of the molecule is CCNC(=NCc1ccc(CN2CCC(O)CC2)cc1)NC(C)c1cccs1. The first-order valence-electron chi connectivity index (χ1n) is 10.2. The fourth-order valence-corrected chi connectivity index (χ4v) is 4.12. The van der Waals surface area contributed by atoms with Crippen LogP contribution >= 0.6 is 11.3 Å². The summed E-state index contributed by atoms with van der Waals surface area (Å²) in [5.74, 6) is 0.847. The third-order valence-corrected chi connectivity index (χ3v) is 6.13. The van der Waals surface area contributed by atoms with Crippen molar-refractivity contribution in [1.82, 2.24) is 15.5 Å². The lowest BCUT2D eigenvalue weighted by molar-refractivity contribution is 0.0792. The molecule has 0 aliphatic carbocycles. The number of hydrogen-bond acceptors (Lipinski definition) is 4. The Morgan fingerprint density at radius 2 is 1.93 bits per heavy atom. The van der Waals surface area contributed by atoms with Crippen LogP contribution in [0.25, 0.3) is 0 Å². The molecule has 1 aliphatic heterocycles. The molecule has 0 saturated carbocycles. The lowest BCUT2D eigenvalue weighted by atomic mass is 10.1. The summed E-state index contributed by atoms with van der Waals surface area (Å²) in [7, 11) is 0. The summed E-state index contributed by atoms with van der Waals surface area (Å²) < 4.78 is 0. The molecule has 2 heterocycles. The summed E-state index contributed by atoms with van der Waals surface area (Å²) in [6.45, 7) is 8.66. The number of hydrogen-bond donors (Lipinski definition) is 3. The maximum atomic E-state index is 9.63. The molecule has 2 aromatic rings. The normalized spacial score (nSPS) is 17.5. The highest BCUT2D eigenvalue weighted by molar-refractivity contribution is 7.10. The van der Waals surface area contributed by atoms with Crippen molar-refractivity contribution in [2.75, 3.05) is 19.6 Å². The second kappa shape index (κ2) is 10.6. The average molecular weight is 401 g/mol. The van der Waals surface area contributed by atoms with Crippen molar-refractivity contribution in [1.29, 1.82) is 0 Å². The van der Waals surface area contributed by atoms with E-state index >= 15 is 0 Å². The zero-order valence-electron chi connectivity index (χ0n) is 16.9. The topological polar surface area (TPSA) is 59.9 Å². The minimum atomic E-state index is -0.112. The number of benzene rings is 1. The second-order valence-electron chi connectivity index (χ2n) is 7.40. The number of aliphatic imine (C=N–C) groups is 1. The van der Waals surface area contributed by atoms with E-state index in [1.54, 1.807) is 11.3 Å². The Bertz CT molecular complexity index is 722. The maximum absolute atomic E-state index is 9.63. The molecule has 5 nitrogen and oxygen atoms in total. The molecule has 1 aliphatic rings. The van der Waals surface area contributed by atoms with Crippen LogP contribution in [0.3, 0.4) is 0 Å². The molecular weight excluding hydrogens is 368 g/mol. The minimum absolute atomic E-state index is 0.112. The third kappa shape index (κ3) is 6.33. The molecule has 6 heteroatoms. The number of guanidine groups is 1. The van der Waals surface area contributed by atoms with Gasteiger partial charge in [-0.25, -0.2) is 4.99 Å². The largest absolute Gasteiger partial charge is 0.393 e. The van der Waals surface area contributed by atoms with Crippen molar-refractivity contribution in [3.05, 3.63) is 57.8 Å². The molecule has 152 valence electrons. The van der Waals surface area contributed by atoms with Gasteiger partial charge in [0.1, 0.15) is 0 Å². The van der Waals surface area contributed by atoms with E-state index in [9.17, 15) is 5.11 Å². The lowest BCUT2D eigenvalue weighted by Gasteiger charge is -2.29. The van der Waals surface area contributed by atoms with Gasteiger partial charge in [0, 0.05) is 31.1 Å². The summed E-state index contributed by atoms with van der Waals surface area (Å²) in [6.07, 6.45) is 1.66. The van der Waals surface area contributed by atoms with Crippen LogP contribution in [0.4, 0.5) is 0 Å². The lowest BCUT2D eigenvalue weighted by Crippen LogP contribution is -2.38. The molecule has 28 heavy (non-hydrogen) atoms. The standard InChI is InChI=1S/C22H32N4OS/c1-3-23-22(25-17(2)21-5-4-14-28-21)24-15-18-6-8-19(9-7-18)16-26-12-10-20(27)11-13-26/h4-9,14,17,20,27H,3,10-13,15-16H2,1-2H3,(H2,23,24,25). The van der Waals surface area contributed by atoms with Gasteiger partial charge in [0.2, 0.25) is 0 Å². The van der Waals surface area contributed by atoms with E-state index in [-0.39, 0.29) is 12.1 Å². The van der Waals surface area contributed by atoms with Crippen LogP contribution in [0.15, 0.2) is 46.8 Å². The van der Waals surface area contributed by atoms with Gasteiger partial charge in [-0.3, -0.25) is 4.90 Å². The van der Waals surface area contributed by atoms with Crippen LogP contribution in [0.1, 0.15) is 48.7 Å². The number of rotatable bonds is 7. The van der Waals surface area contributed by atoms with E-state index < -0.39 is 0 Å². The van der Waals surface area contributed by atoms with Gasteiger partial charge in [0.15, 0.2) is 5.96 Å². The number of thiophene rings is 1. The summed E-state index contributed by atoms with van der Waals surface area (Å²) in [5, 5.41) is 18.5. The van der Waals surface area contributed by atoms with Crippen molar-refractivity contribution in [2.45, 2.75) is 51.9 Å². The van der Waals surface area contributed by atoms with Crippen molar-refractivity contribution < 1.29 is 5.11 Å². The molecule has 0 radical (unpaired) electrons. The van der Waals surface area contributed by atoms with Crippen molar-refractivity contribution in [3.63, 3.8) is 0 Å². The predicted octanol–water partition coefficient (Wildman–Crippen LogP) is 3.52. The molecule has 1 atom stereocenters. The van der Waals surface area contributed by atoms with Gasteiger partial charge in [-0.15, -0.1) is 11.3 Å². The summed E-state index contributed by atoms with van der Waals surface area (Å²) in [4.78, 5) is 8.47. The first-order chi connectivity index (χ1) is 13.6. The Balaban J connectivity index is 1.53. The quantitative estimate of drug-likeness (QED) is 0.492. The van der Waals surface area contributed by atoms with E-state index in [1.807, 2.05) is 0 Å². The van der Waals surface area contributed by atoms with E-state index in [2.05, 4.69) is 71.2 Å². The number of aliphatic hydroxyl groups is 1. The molecule has 3 N–H and O–H groups in total. The Morgan fingerprint density at radius 3 is 2.57 bits per heavy atom. The van der Waals surface area contributed by atoms with Crippen molar-refractivity contribution in [2.24, 2.45) is 4.99 Å². The van der Waals surface area contributed by atoms with Gasteiger partial charge in [-0.2, -0.15) is 0 Å². The zero-order valence-corrected chi connectivity index (χ0v) is 17.7. The number of piperidine rings is 1. The fraction of sp³-hybridized carbons (Fsp3) is 0.500. The maximum Gasteiger partial charge on any atom is 0.192 e. The third-order valence-electron chi connectivity index (χ3n) is 5.07. The molecule has 1 fully saturated rings. The highest BCUT2D eigenvalue weighted by Gasteiger charge is 2.16. The predicted molar refractivity (Wildman–Crippen MR) is 118 cm³/mol. The smallest absolute Gasteiger partial charge is 0.192 e. The number of nitrogens with one attached hydrogen (secondary N) is 2. The molecule has 1 aromatic carbocycles. The molecule has 1 aromatic heterocycles. The van der Waals surface area contributed by atoms with Gasteiger partial charge in [-0.1, -0.05) is 30.3 Å². The summed E-state index contributed by atoms with van der Waals surface area (Å²) >= 11 is 1.76. The van der Waals surface area contributed by atoms with E-state index in [0.717, 1.165) is 45.0 Å². The Morgan fingerprint density at radius 1 is 1.21 bits per heavy atom. The van der Waals surface area contributed by atoms with Gasteiger partial charge in [0.05, 0.1) is 18.7 Å². The van der Waals surface area contributed by atoms with Gasteiger partial charge in [-0.05, 0) is 49.3 Å². The molecule has 1 unspecified atom stereocenters. The van der Waals surface area contributed by atoms with Crippen LogP contribution in [0, 0.1) is 0 Å². The van der Waals surface area contributed by atoms with Crippen LogP contribution in [0.5, 0.6) is 0 Å². The minimum Gasteiger partial charge on any atom is -0.393 e. The first kappa shape index (κ1) is 20.8. The van der Waals surface area contributed by atoms with Gasteiger partial charge < -0.3 is 15.7 Å². The monoisotopic (exact) mass is 400 g/mol. The van der Waals surface area contributed by atoms with Gasteiger partial charge >= 0.3 is 0 Å². The van der Waals surface area contributed by atoms with Crippen molar-refractivity contribution >= 4 is 17.3 Å². The van der Waals surface area contributed by atoms with Crippen LogP contribution in [0.2, 0.25) is 0 Å². The number of aliphatic hydroxyl groups excluding tert-OH is 1. The Hall–Kier alpha value is -1.89. The molecule has 0 spiro atoms.